The molecule has 0 amide bonds. The highest BCUT2D eigenvalue weighted by Crippen LogP contribution is 2.08. The fraction of sp³-hybridized carbons (Fsp3) is 1.00. The third-order valence-electron chi connectivity index (χ3n) is 1.60. The molecular formula is C8H18FN. The third-order valence-corrected chi connectivity index (χ3v) is 1.60. The van der Waals surface area contributed by atoms with E-state index in [9.17, 15) is 4.39 Å². The number of hydrogen-bond acceptors (Lipinski definition) is 1. The normalized spacial score (nSPS) is 13.5. The number of nitrogens with two attached hydrogens (primary N) is 1. The predicted molar refractivity (Wildman–Crippen MR) is 42.7 cm³/mol. The van der Waals surface area contributed by atoms with E-state index in [1.807, 2.05) is 0 Å². The van der Waals surface area contributed by atoms with Gasteiger partial charge in [0.05, 0.1) is 0 Å². The highest BCUT2D eigenvalue weighted by atomic mass is 19.1. The second-order valence-electron chi connectivity index (χ2n) is 2.67. The van der Waals surface area contributed by atoms with Gasteiger partial charge < -0.3 is 5.73 Å². The molecule has 1 nitrogen and oxygen atoms in total. The summed E-state index contributed by atoms with van der Waals surface area (Å²) in [6.45, 7) is 2.60. The Labute approximate surface area is 62.8 Å². The minimum atomic E-state index is -0.656. The quantitative estimate of drug-likeness (QED) is 0.573. The van der Waals surface area contributed by atoms with Crippen molar-refractivity contribution in [2.75, 3.05) is 6.54 Å². The van der Waals surface area contributed by atoms with Gasteiger partial charge in [0, 0.05) is 0 Å². The highest BCUT2D eigenvalue weighted by molar-refractivity contribution is 4.56. The average molecular weight is 147 g/mol. The van der Waals surface area contributed by atoms with Crippen LogP contribution < -0.4 is 5.73 Å². The molecule has 0 spiro atoms. The molecule has 0 aromatic carbocycles. The first kappa shape index (κ1) is 9.89. The molecule has 0 aliphatic carbocycles. The van der Waals surface area contributed by atoms with Gasteiger partial charge in [0.2, 0.25) is 0 Å². The first-order valence-corrected chi connectivity index (χ1v) is 4.15. The van der Waals surface area contributed by atoms with Gasteiger partial charge in [0.25, 0.3) is 0 Å². The van der Waals surface area contributed by atoms with Gasteiger partial charge >= 0.3 is 0 Å². The molecule has 0 heterocycles. The van der Waals surface area contributed by atoms with Crippen molar-refractivity contribution in [1.82, 2.24) is 0 Å². The first-order valence-electron chi connectivity index (χ1n) is 4.15. The Morgan fingerprint density at radius 1 is 1.30 bits per heavy atom. The zero-order valence-electron chi connectivity index (χ0n) is 6.78. The summed E-state index contributed by atoms with van der Waals surface area (Å²) in [7, 11) is 0. The summed E-state index contributed by atoms with van der Waals surface area (Å²) in [6, 6.07) is 0. The van der Waals surface area contributed by atoms with Gasteiger partial charge in [-0.2, -0.15) is 0 Å². The molecule has 0 radical (unpaired) electrons. The van der Waals surface area contributed by atoms with Crippen molar-refractivity contribution in [3.63, 3.8) is 0 Å². The maximum Gasteiger partial charge on any atom is 0.101 e. The lowest BCUT2D eigenvalue weighted by atomic mass is 10.1. The molecule has 2 N–H and O–H groups in total. The topological polar surface area (TPSA) is 26.0 Å². The lowest BCUT2D eigenvalue weighted by molar-refractivity contribution is 0.292. The number of rotatable bonds is 6. The van der Waals surface area contributed by atoms with Gasteiger partial charge in [0.15, 0.2) is 0 Å². The molecule has 0 aromatic rings. The van der Waals surface area contributed by atoms with Crippen molar-refractivity contribution in [1.29, 1.82) is 0 Å². The van der Waals surface area contributed by atoms with Gasteiger partial charge in [-0.1, -0.05) is 26.2 Å². The Balaban J connectivity index is 2.97. The van der Waals surface area contributed by atoms with E-state index in [0.29, 0.717) is 19.4 Å². The summed E-state index contributed by atoms with van der Waals surface area (Å²) < 4.78 is 12.6. The predicted octanol–water partition coefficient (Wildman–Crippen LogP) is 2.25. The van der Waals surface area contributed by atoms with Gasteiger partial charge in [-0.15, -0.1) is 0 Å². The molecule has 0 aliphatic heterocycles. The van der Waals surface area contributed by atoms with E-state index in [-0.39, 0.29) is 0 Å². The van der Waals surface area contributed by atoms with Crippen LogP contribution in [0.25, 0.3) is 0 Å². The van der Waals surface area contributed by atoms with Gasteiger partial charge in [-0.3, -0.25) is 0 Å². The minimum Gasteiger partial charge on any atom is -0.330 e. The van der Waals surface area contributed by atoms with E-state index in [4.69, 9.17) is 5.73 Å². The van der Waals surface area contributed by atoms with Crippen molar-refractivity contribution in [2.45, 2.75) is 45.2 Å². The SMILES string of the molecule is CCCCCC(F)CCN. The Bertz CT molecular complexity index is 66.3. The van der Waals surface area contributed by atoms with Crippen LogP contribution in [0, 0.1) is 0 Å². The number of hydrogen-bond donors (Lipinski definition) is 1. The summed E-state index contributed by atoms with van der Waals surface area (Å²) in [6.07, 6.45) is 3.89. The maximum atomic E-state index is 12.6. The molecule has 0 bridgehead atoms. The van der Waals surface area contributed by atoms with E-state index in [1.165, 1.54) is 0 Å². The van der Waals surface area contributed by atoms with Crippen LogP contribution in [0.3, 0.4) is 0 Å². The molecule has 0 aromatic heterocycles. The molecule has 1 atom stereocenters. The average Bonchev–Trinajstić information content (AvgIpc) is 1.89. The van der Waals surface area contributed by atoms with Crippen molar-refractivity contribution in [3.05, 3.63) is 0 Å². The molecular weight excluding hydrogens is 129 g/mol. The van der Waals surface area contributed by atoms with Crippen molar-refractivity contribution < 1.29 is 4.39 Å². The standard InChI is InChI=1S/C8H18FN/c1-2-3-4-5-8(9)6-7-10/h8H,2-7,10H2,1H3. The summed E-state index contributed by atoms with van der Waals surface area (Å²) in [5.74, 6) is 0. The monoisotopic (exact) mass is 147 g/mol. The molecule has 0 saturated heterocycles. The van der Waals surface area contributed by atoms with Gasteiger partial charge in [-0.25, -0.2) is 4.39 Å². The fourth-order valence-corrected chi connectivity index (χ4v) is 0.941. The molecule has 0 rings (SSSR count). The molecule has 1 unspecified atom stereocenters. The highest BCUT2D eigenvalue weighted by Gasteiger charge is 2.02. The largest absolute Gasteiger partial charge is 0.330 e. The van der Waals surface area contributed by atoms with Crippen molar-refractivity contribution in [2.24, 2.45) is 5.73 Å². The Kier molecular flexibility index (Phi) is 6.93. The number of halogens is 1. The second kappa shape index (κ2) is 7.00. The molecule has 2 heteroatoms. The summed E-state index contributed by atoms with van der Waals surface area (Å²) >= 11 is 0. The molecule has 0 fully saturated rings. The summed E-state index contributed by atoms with van der Waals surface area (Å²) in [4.78, 5) is 0. The molecule has 0 aliphatic rings. The summed E-state index contributed by atoms with van der Waals surface area (Å²) in [5.41, 5.74) is 5.19. The fourth-order valence-electron chi connectivity index (χ4n) is 0.941. The summed E-state index contributed by atoms with van der Waals surface area (Å²) in [5, 5.41) is 0. The van der Waals surface area contributed by atoms with Gasteiger partial charge in [-0.05, 0) is 19.4 Å². The number of unbranched alkanes of at least 4 members (excludes halogenated alkanes) is 2. The lowest BCUT2D eigenvalue weighted by Crippen LogP contribution is -2.08. The van der Waals surface area contributed by atoms with Crippen LogP contribution in [0.1, 0.15) is 39.0 Å². The molecule has 62 valence electrons. The first-order chi connectivity index (χ1) is 4.81. The smallest absolute Gasteiger partial charge is 0.101 e. The van der Waals surface area contributed by atoms with Crippen LogP contribution in [-0.4, -0.2) is 12.7 Å². The van der Waals surface area contributed by atoms with Crippen LogP contribution in [0.5, 0.6) is 0 Å². The van der Waals surface area contributed by atoms with Crippen LogP contribution >= 0.6 is 0 Å². The minimum absolute atomic E-state index is 0.479. The van der Waals surface area contributed by atoms with E-state index < -0.39 is 6.17 Å². The Morgan fingerprint density at radius 3 is 2.50 bits per heavy atom. The van der Waals surface area contributed by atoms with Crippen LogP contribution in [-0.2, 0) is 0 Å². The number of alkyl halides is 1. The maximum absolute atomic E-state index is 12.6. The molecule has 10 heavy (non-hydrogen) atoms. The van der Waals surface area contributed by atoms with E-state index in [1.54, 1.807) is 0 Å². The zero-order valence-corrected chi connectivity index (χ0v) is 6.78. The Morgan fingerprint density at radius 2 is 2.00 bits per heavy atom. The van der Waals surface area contributed by atoms with Gasteiger partial charge in [0.1, 0.15) is 6.17 Å². The van der Waals surface area contributed by atoms with Crippen LogP contribution in [0.2, 0.25) is 0 Å². The van der Waals surface area contributed by atoms with E-state index in [2.05, 4.69) is 6.92 Å². The third kappa shape index (κ3) is 6.02. The van der Waals surface area contributed by atoms with E-state index in [0.717, 1.165) is 19.3 Å². The lowest BCUT2D eigenvalue weighted by Gasteiger charge is -2.04. The van der Waals surface area contributed by atoms with Crippen LogP contribution in [0.15, 0.2) is 0 Å². The van der Waals surface area contributed by atoms with Crippen molar-refractivity contribution >= 4 is 0 Å². The second-order valence-corrected chi connectivity index (χ2v) is 2.67. The van der Waals surface area contributed by atoms with E-state index >= 15 is 0 Å². The molecule has 0 saturated carbocycles. The van der Waals surface area contributed by atoms with Crippen molar-refractivity contribution in [3.8, 4) is 0 Å². The zero-order chi connectivity index (χ0) is 7.82. The Hall–Kier alpha value is -0.110. The van der Waals surface area contributed by atoms with Crippen LogP contribution in [0.4, 0.5) is 4.39 Å².